The average Bonchev–Trinajstić information content (AvgIpc) is 3.49. The molecule has 0 spiro atoms. The molecule has 5 rings (SSSR count). The van der Waals surface area contributed by atoms with E-state index < -0.39 is 18.2 Å². The maximum atomic E-state index is 13.1. The number of imidazole rings is 1. The summed E-state index contributed by atoms with van der Waals surface area (Å²) in [6.45, 7) is 1.80. The summed E-state index contributed by atoms with van der Waals surface area (Å²) in [5.74, 6) is 0.548. The molecule has 4 N–H and O–H groups in total. The van der Waals surface area contributed by atoms with Crippen molar-refractivity contribution >= 4 is 46.5 Å². The number of anilines is 2. The molecule has 2 heterocycles. The zero-order valence-corrected chi connectivity index (χ0v) is 25.1. The first-order chi connectivity index (χ1) is 21.8. The lowest BCUT2D eigenvalue weighted by atomic mass is 9.98. The van der Waals surface area contributed by atoms with E-state index in [4.69, 9.17) is 19.6 Å². The predicted octanol–water partition coefficient (Wildman–Crippen LogP) is 5.44. The summed E-state index contributed by atoms with van der Waals surface area (Å²) in [4.78, 5) is 50.4. The predicted molar refractivity (Wildman–Crippen MR) is 168 cm³/mol. The van der Waals surface area contributed by atoms with Crippen LogP contribution >= 0.6 is 0 Å². The Labute approximate surface area is 259 Å². The summed E-state index contributed by atoms with van der Waals surface area (Å²) in [7, 11) is 1.24. The number of aryl methyl sites for hydroxylation is 1. The van der Waals surface area contributed by atoms with Crippen molar-refractivity contribution in [2.75, 3.05) is 23.9 Å². The number of aromatic nitrogens is 3. The molecular weight excluding hydrogens is 578 g/mol. The van der Waals surface area contributed by atoms with Crippen molar-refractivity contribution in [2.45, 2.75) is 51.7 Å². The highest BCUT2D eigenvalue weighted by atomic mass is 16.6. The largest absolute Gasteiger partial charge is 0.468 e. The van der Waals surface area contributed by atoms with Crippen molar-refractivity contribution in [2.24, 2.45) is 0 Å². The van der Waals surface area contributed by atoms with Crippen LogP contribution in [0.4, 0.5) is 21.1 Å². The van der Waals surface area contributed by atoms with E-state index >= 15 is 0 Å². The monoisotopic (exact) mass is 613 g/mol. The summed E-state index contributed by atoms with van der Waals surface area (Å²) in [5, 5.41) is 14.0. The number of carbonyl (C=O) groups is 3. The van der Waals surface area contributed by atoms with Gasteiger partial charge in [0.05, 0.1) is 24.7 Å². The van der Waals surface area contributed by atoms with E-state index in [2.05, 4.69) is 25.6 Å². The molecule has 0 unspecified atom stereocenters. The number of methoxy groups -OCH3 is 1. The zero-order chi connectivity index (χ0) is 31.8. The van der Waals surface area contributed by atoms with Crippen LogP contribution in [0, 0.1) is 12.3 Å². The number of esters is 1. The van der Waals surface area contributed by atoms with Gasteiger partial charge in [0.2, 0.25) is 0 Å². The van der Waals surface area contributed by atoms with E-state index in [1.807, 2.05) is 12.1 Å². The van der Waals surface area contributed by atoms with Crippen LogP contribution < -0.4 is 20.3 Å². The van der Waals surface area contributed by atoms with Gasteiger partial charge in [0.15, 0.2) is 0 Å². The Morgan fingerprint density at radius 3 is 2.53 bits per heavy atom. The minimum Gasteiger partial charge on any atom is -0.468 e. The molecule has 2 aromatic carbocycles. The molecule has 2 amide bonds. The van der Waals surface area contributed by atoms with Gasteiger partial charge in [-0.05, 0) is 81.1 Å². The SMILES string of the molecule is COC(=O)CN(C(=O)Oc1ccc2[nH]c(CNc3ccc(C(=N)NC(=O)OC4CCCCC4)cc3)nc2c1C)c1ccccn1. The number of amides is 2. The van der Waals surface area contributed by atoms with Gasteiger partial charge in [-0.1, -0.05) is 12.5 Å². The Morgan fingerprint density at radius 1 is 1.04 bits per heavy atom. The number of hydrogen-bond acceptors (Lipinski definition) is 10. The molecule has 13 heteroatoms. The van der Waals surface area contributed by atoms with Gasteiger partial charge in [-0.3, -0.25) is 15.5 Å². The lowest BCUT2D eigenvalue weighted by Crippen LogP contribution is -2.38. The smallest absolute Gasteiger partial charge is 0.421 e. The first kappa shape index (κ1) is 31.0. The molecule has 1 saturated carbocycles. The van der Waals surface area contributed by atoms with Crippen molar-refractivity contribution in [1.82, 2.24) is 20.3 Å². The first-order valence-electron chi connectivity index (χ1n) is 14.7. The number of hydrogen-bond donors (Lipinski definition) is 4. The van der Waals surface area contributed by atoms with Crippen LogP contribution in [-0.4, -0.2) is 58.7 Å². The second-order valence-corrected chi connectivity index (χ2v) is 10.6. The van der Waals surface area contributed by atoms with E-state index in [-0.39, 0.29) is 24.3 Å². The molecular formula is C32H35N7O6. The van der Waals surface area contributed by atoms with E-state index in [0.717, 1.165) is 41.8 Å². The van der Waals surface area contributed by atoms with Crippen LogP contribution in [0.5, 0.6) is 5.75 Å². The molecule has 0 radical (unpaired) electrons. The number of pyridine rings is 1. The molecule has 234 valence electrons. The minimum absolute atomic E-state index is 0.0277. The molecule has 2 aromatic heterocycles. The maximum Gasteiger partial charge on any atom is 0.421 e. The fourth-order valence-corrected chi connectivity index (χ4v) is 5.01. The highest BCUT2D eigenvalue weighted by Crippen LogP contribution is 2.27. The Morgan fingerprint density at radius 2 is 1.82 bits per heavy atom. The normalized spacial score (nSPS) is 13.1. The highest BCUT2D eigenvalue weighted by molar-refractivity contribution is 6.04. The van der Waals surface area contributed by atoms with Crippen molar-refractivity contribution in [3.63, 3.8) is 0 Å². The van der Waals surface area contributed by atoms with Crippen LogP contribution in [0.3, 0.4) is 0 Å². The maximum absolute atomic E-state index is 13.1. The number of carbonyl (C=O) groups excluding carboxylic acids is 3. The molecule has 1 aliphatic rings. The average molecular weight is 614 g/mol. The number of ether oxygens (including phenoxy) is 3. The molecule has 0 bridgehead atoms. The Hall–Kier alpha value is -5.46. The fourth-order valence-electron chi connectivity index (χ4n) is 5.01. The lowest BCUT2D eigenvalue weighted by molar-refractivity contribution is -0.138. The molecule has 1 aliphatic carbocycles. The van der Waals surface area contributed by atoms with Gasteiger partial charge in [-0.15, -0.1) is 0 Å². The number of benzene rings is 2. The molecule has 0 saturated heterocycles. The van der Waals surface area contributed by atoms with E-state index in [9.17, 15) is 14.4 Å². The number of amidine groups is 1. The number of alkyl carbamates (subject to hydrolysis) is 1. The van der Waals surface area contributed by atoms with E-state index in [1.165, 1.54) is 19.7 Å². The van der Waals surface area contributed by atoms with Gasteiger partial charge in [-0.2, -0.15) is 0 Å². The molecule has 13 nitrogen and oxygen atoms in total. The van der Waals surface area contributed by atoms with Crippen molar-refractivity contribution in [3.8, 4) is 5.75 Å². The van der Waals surface area contributed by atoms with Crippen molar-refractivity contribution in [1.29, 1.82) is 5.41 Å². The molecule has 0 atom stereocenters. The van der Waals surface area contributed by atoms with Gasteiger partial charge in [-0.25, -0.2) is 24.5 Å². The highest BCUT2D eigenvalue weighted by Gasteiger charge is 2.24. The summed E-state index contributed by atoms with van der Waals surface area (Å²) >= 11 is 0. The van der Waals surface area contributed by atoms with Gasteiger partial charge < -0.3 is 24.5 Å². The zero-order valence-electron chi connectivity index (χ0n) is 25.1. The van der Waals surface area contributed by atoms with Crippen LogP contribution in [0.1, 0.15) is 49.1 Å². The summed E-state index contributed by atoms with van der Waals surface area (Å²) in [6.07, 6.45) is 5.05. The first-order valence-corrected chi connectivity index (χ1v) is 14.7. The topological polar surface area (TPSA) is 172 Å². The quantitative estimate of drug-likeness (QED) is 0.109. The third-order valence-corrected chi connectivity index (χ3v) is 7.45. The van der Waals surface area contributed by atoms with Gasteiger partial charge in [0.25, 0.3) is 0 Å². The van der Waals surface area contributed by atoms with Gasteiger partial charge >= 0.3 is 18.2 Å². The second-order valence-electron chi connectivity index (χ2n) is 10.6. The third kappa shape index (κ3) is 7.93. The number of nitrogens with zero attached hydrogens (tertiary/aromatic N) is 3. The molecule has 45 heavy (non-hydrogen) atoms. The number of fused-ring (bicyclic) bond motifs is 1. The third-order valence-electron chi connectivity index (χ3n) is 7.45. The van der Waals surface area contributed by atoms with Crippen LogP contribution in [0.25, 0.3) is 11.0 Å². The molecule has 1 fully saturated rings. The molecule has 4 aromatic rings. The number of H-pyrrole nitrogens is 1. The lowest BCUT2D eigenvalue weighted by Gasteiger charge is -2.21. The van der Waals surface area contributed by atoms with E-state index in [0.29, 0.717) is 34.8 Å². The summed E-state index contributed by atoms with van der Waals surface area (Å²) < 4.78 is 15.8. The summed E-state index contributed by atoms with van der Waals surface area (Å²) in [6, 6.07) is 15.5. The van der Waals surface area contributed by atoms with Crippen LogP contribution in [0.15, 0.2) is 60.8 Å². The Kier molecular flexibility index (Phi) is 9.87. The van der Waals surface area contributed by atoms with Crippen LogP contribution in [-0.2, 0) is 20.8 Å². The number of rotatable bonds is 9. The van der Waals surface area contributed by atoms with Crippen LogP contribution in [0.2, 0.25) is 0 Å². The van der Waals surface area contributed by atoms with Crippen molar-refractivity contribution in [3.05, 3.63) is 77.7 Å². The Bertz CT molecular complexity index is 1670. The number of aromatic amines is 1. The molecule has 0 aliphatic heterocycles. The minimum atomic E-state index is -0.785. The van der Waals surface area contributed by atoms with Crippen molar-refractivity contribution < 1.29 is 28.6 Å². The summed E-state index contributed by atoms with van der Waals surface area (Å²) in [5.41, 5.74) is 3.37. The van der Waals surface area contributed by atoms with Gasteiger partial charge in [0, 0.05) is 23.0 Å². The standard InChI is InChI=1S/C32H35N7O6/c1-20-25(45-32(42)39(19-28(40)43-2)27-10-6-7-17-34-27)16-15-24-29(20)37-26(36-24)18-35-22-13-11-21(12-14-22)30(33)38-31(41)44-23-8-4-3-5-9-23/h6-7,10-17,23,35H,3-5,8-9,18-19H2,1-2H3,(H,36,37)(H2,33,38,41). The van der Waals surface area contributed by atoms with Gasteiger partial charge in [0.1, 0.15) is 35.9 Å². The Balaban J connectivity index is 1.19. The second kappa shape index (κ2) is 14.3. The van der Waals surface area contributed by atoms with E-state index in [1.54, 1.807) is 49.4 Å². The number of nitrogens with one attached hydrogen (secondary N) is 4. The fraction of sp³-hybridized carbons (Fsp3) is 0.312.